The first-order valence-corrected chi connectivity index (χ1v) is 7.86. The second-order valence-electron chi connectivity index (χ2n) is 5.30. The van der Waals surface area contributed by atoms with E-state index in [1.54, 1.807) is 24.3 Å². The molecule has 0 radical (unpaired) electrons. The number of para-hydroxylation sites is 2. The molecule has 0 aliphatic rings. The monoisotopic (exact) mass is 343 g/mol. The third-order valence-corrected chi connectivity index (χ3v) is 3.46. The Hall–Kier alpha value is -3.02. The second-order valence-corrected chi connectivity index (χ2v) is 5.30. The highest BCUT2D eigenvalue weighted by Gasteiger charge is 2.13. The van der Waals surface area contributed by atoms with Crippen molar-refractivity contribution in [2.45, 2.75) is 13.0 Å². The van der Waals surface area contributed by atoms with Gasteiger partial charge in [-0.2, -0.15) is 0 Å². The summed E-state index contributed by atoms with van der Waals surface area (Å²) in [6, 6.07) is 16.3. The Morgan fingerprint density at radius 3 is 2.28 bits per heavy atom. The van der Waals surface area contributed by atoms with E-state index in [2.05, 4.69) is 5.32 Å². The highest BCUT2D eigenvalue weighted by molar-refractivity contribution is 5.81. The molecule has 1 amide bonds. The molecule has 0 spiro atoms. The van der Waals surface area contributed by atoms with Crippen molar-refractivity contribution in [3.63, 3.8) is 0 Å². The Kier molecular flexibility index (Phi) is 6.83. The zero-order chi connectivity index (χ0) is 18.1. The summed E-state index contributed by atoms with van der Waals surface area (Å²) in [6.45, 7) is 1.20. The fourth-order valence-electron chi connectivity index (χ4n) is 2.17. The fourth-order valence-corrected chi connectivity index (χ4v) is 2.17. The van der Waals surface area contributed by atoms with E-state index >= 15 is 0 Å². The normalized spacial score (nSPS) is 11.3. The Morgan fingerprint density at radius 1 is 0.960 bits per heavy atom. The largest absolute Gasteiger partial charge is 0.493 e. The Morgan fingerprint density at radius 2 is 1.60 bits per heavy atom. The van der Waals surface area contributed by atoms with Gasteiger partial charge < -0.3 is 19.5 Å². The molecule has 2 aromatic rings. The van der Waals surface area contributed by atoms with Crippen molar-refractivity contribution in [1.82, 2.24) is 5.32 Å². The molecule has 6 heteroatoms. The number of hydrogen-bond donors (Lipinski definition) is 1. The van der Waals surface area contributed by atoms with Crippen molar-refractivity contribution in [2.75, 3.05) is 20.3 Å². The number of rotatable bonds is 8. The summed E-state index contributed by atoms with van der Waals surface area (Å²) in [6.07, 6.45) is 0. The number of ether oxygens (including phenoxy) is 3. The van der Waals surface area contributed by atoms with E-state index in [0.717, 1.165) is 5.56 Å². The highest BCUT2D eigenvalue weighted by atomic mass is 16.6. The molecule has 0 fully saturated rings. The third-order valence-electron chi connectivity index (χ3n) is 3.46. The topological polar surface area (TPSA) is 73.9 Å². The van der Waals surface area contributed by atoms with Gasteiger partial charge in [-0.1, -0.05) is 42.5 Å². The van der Waals surface area contributed by atoms with E-state index in [9.17, 15) is 9.59 Å². The minimum atomic E-state index is -0.631. The number of benzene rings is 2. The van der Waals surface area contributed by atoms with Crippen LogP contribution in [0.15, 0.2) is 54.6 Å². The molecule has 1 N–H and O–H groups in total. The van der Waals surface area contributed by atoms with Gasteiger partial charge in [0.15, 0.2) is 24.7 Å². The van der Waals surface area contributed by atoms with Gasteiger partial charge in [-0.05, 0) is 24.6 Å². The molecule has 0 saturated heterocycles. The summed E-state index contributed by atoms with van der Waals surface area (Å²) in [5, 5.41) is 2.77. The minimum absolute atomic E-state index is 0.169. The van der Waals surface area contributed by atoms with Crippen LogP contribution in [-0.2, 0) is 14.3 Å². The maximum Gasteiger partial charge on any atom is 0.344 e. The number of amides is 1. The van der Waals surface area contributed by atoms with Gasteiger partial charge in [0.2, 0.25) is 0 Å². The van der Waals surface area contributed by atoms with Crippen LogP contribution >= 0.6 is 0 Å². The molecule has 0 saturated carbocycles. The van der Waals surface area contributed by atoms with Crippen LogP contribution in [0.2, 0.25) is 0 Å². The molecular weight excluding hydrogens is 322 g/mol. The minimum Gasteiger partial charge on any atom is -0.493 e. The van der Waals surface area contributed by atoms with Crippen LogP contribution < -0.4 is 14.8 Å². The van der Waals surface area contributed by atoms with Gasteiger partial charge in [-0.15, -0.1) is 0 Å². The molecule has 0 unspecified atom stereocenters. The second kappa shape index (κ2) is 9.32. The van der Waals surface area contributed by atoms with Crippen molar-refractivity contribution in [1.29, 1.82) is 0 Å². The van der Waals surface area contributed by atoms with Gasteiger partial charge >= 0.3 is 5.97 Å². The number of nitrogens with one attached hydrogen (secondary N) is 1. The molecule has 6 nitrogen and oxygen atoms in total. The lowest BCUT2D eigenvalue weighted by Crippen LogP contribution is -2.31. The van der Waals surface area contributed by atoms with Crippen molar-refractivity contribution in [2.24, 2.45) is 0 Å². The standard InChI is InChI=1S/C19H21NO5/c1-14(15-8-4-3-5-9-15)20-18(21)12-25-19(22)13-24-17-11-7-6-10-16(17)23-2/h3-11,14H,12-13H2,1-2H3,(H,20,21)/t14-/m0/s1. The summed E-state index contributed by atoms with van der Waals surface area (Å²) in [4.78, 5) is 23.6. The lowest BCUT2D eigenvalue weighted by molar-refractivity contribution is -0.150. The zero-order valence-electron chi connectivity index (χ0n) is 14.2. The predicted octanol–water partition coefficient (Wildman–Crippen LogP) is 2.49. The molecular formula is C19H21NO5. The molecule has 25 heavy (non-hydrogen) atoms. The van der Waals surface area contributed by atoms with Crippen molar-refractivity contribution in [3.8, 4) is 11.5 Å². The van der Waals surface area contributed by atoms with Crippen LogP contribution in [-0.4, -0.2) is 32.2 Å². The first-order valence-electron chi connectivity index (χ1n) is 7.86. The van der Waals surface area contributed by atoms with Crippen LogP contribution in [0.1, 0.15) is 18.5 Å². The Balaban J connectivity index is 1.73. The Labute approximate surface area is 146 Å². The van der Waals surface area contributed by atoms with Gasteiger partial charge in [0.1, 0.15) is 0 Å². The first-order chi connectivity index (χ1) is 12.1. The van der Waals surface area contributed by atoms with Gasteiger partial charge in [0, 0.05) is 0 Å². The smallest absolute Gasteiger partial charge is 0.344 e. The van der Waals surface area contributed by atoms with Crippen molar-refractivity contribution >= 4 is 11.9 Å². The number of carbonyl (C=O) groups excluding carboxylic acids is 2. The lowest BCUT2D eigenvalue weighted by atomic mass is 10.1. The van der Waals surface area contributed by atoms with Crippen LogP contribution in [0.25, 0.3) is 0 Å². The van der Waals surface area contributed by atoms with Gasteiger partial charge in [0.25, 0.3) is 5.91 Å². The van der Waals surface area contributed by atoms with Crippen LogP contribution in [0.4, 0.5) is 0 Å². The highest BCUT2D eigenvalue weighted by Crippen LogP contribution is 2.25. The maximum absolute atomic E-state index is 11.9. The number of esters is 1. The molecule has 132 valence electrons. The van der Waals surface area contributed by atoms with E-state index in [0.29, 0.717) is 11.5 Å². The molecule has 0 aliphatic carbocycles. The average Bonchev–Trinajstić information content (AvgIpc) is 2.65. The number of carbonyl (C=O) groups is 2. The van der Waals surface area contributed by atoms with Gasteiger partial charge in [0.05, 0.1) is 13.2 Å². The van der Waals surface area contributed by atoms with Crippen molar-refractivity contribution in [3.05, 3.63) is 60.2 Å². The molecule has 0 heterocycles. The Bertz CT molecular complexity index is 702. The summed E-state index contributed by atoms with van der Waals surface area (Å²) in [5.74, 6) is -0.0516. The third kappa shape index (κ3) is 5.84. The zero-order valence-corrected chi connectivity index (χ0v) is 14.2. The van der Waals surface area contributed by atoms with E-state index in [1.807, 2.05) is 37.3 Å². The molecule has 0 bridgehead atoms. The summed E-state index contributed by atoms with van der Waals surface area (Å²) >= 11 is 0. The molecule has 0 aromatic heterocycles. The first kappa shape index (κ1) is 18.3. The van der Waals surface area contributed by atoms with Crippen LogP contribution in [0.5, 0.6) is 11.5 Å². The van der Waals surface area contributed by atoms with E-state index in [1.165, 1.54) is 7.11 Å². The van der Waals surface area contributed by atoms with Crippen molar-refractivity contribution < 1.29 is 23.8 Å². The molecule has 2 rings (SSSR count). The quantitative estimate of drug-likeness (QED) is 0.746. The summed E-state index contributed by atoms with van der Waals surface area (Å²) < 4.78 is 15.4. The maximum atomic E-state index is 11.9. The van der Waals surface area contributed by atoms with E-state index in [4.69, 9.17) is 14.2 Å². The van der Waals surface area contributed by atoms with Gasteiger partial charge in [-0.3, -0.25) is 4.79 Å². The molecule has 0 aliphatic heterocycles. The van der Waals surface area contributed by atoms with Gasteiger partial charge in [-0.25, -0.2) is 4.79 Å². The van der Waals surface area contributed by atoms with E-state index in [-0.39, 0.29) is 25.2 Å². The molecule has 1 atom stereocenters. The molecule has 2 aromatic carbocycles. The average molecular weight is 343 g/mol. The van der Waals surface area contributed by atoms with E-state index < -0.39 is 5.97 Å². The lowest BCUT2D eigenvalue weighted by Gasteiger charge is -2.14. The number of methoxy groups -OCH3 is 1. The summed E-state index contributed by atoms with van der Waals surface area (Å²) in [5.41, 5.74) is 0.974. The van der Waals surface area contributed by atoms with Crippen LogP contribution in [0, 0.1) is 0 Å². The van der Waals surface area contributed by atoms with Crippen LogP contribution in [0.3, 0.4) is 0 Å². The number of hydrogen-bond acceptors (Lipinski definition) is 5. The fraction of sp³-hybridized carbons (Fsp3) is 0.263. The predicted molar refractivity (Wildman–Crippen MR) is 92.4 cm³/mol. The SMILES string of the molecule is COc1ccccc1OCC(=O)OCC(=O)N[C@@H](C)c1ccccc1. The summed E-state index contributed by atoms with van der Waals surface area (Å²) in [7, 11) is 1.51.